The van der Waals surface area contributed by atoms with E-state index in [2.05, 4.69) is 5.32 Å². The number of rotatable bonds is 6. The lowest BCUT2D eigenvalue weighted by atomic mass is 9.98. The third-order valence-electron chi connectivity index (χ3n) is 5.62. The van der Waals surface area contributed by atoms with Crippen molar-refractivity contribution >= 4 is 24.2 Å². The van der Waals surface area contributed by atoms with Crippen molar-refractivity contribution in [1.29, 1.82) is 0 Å². The summed E-state index contributed by atoms with van der Waals surface area (Å²) in [5.74, 6) is 1.57. The highest BCUT2D eigenvalue weighted by molar-refractivity contribution is 5.85. The lowest BCUT2D eigenvalue weighted by Crippen LogP contribution is -2.36. The van der Waals surface area contributed by atoms with E-state index < -0.39 is 6.04 Å². The van der Waals surface area contributed by atoms with Gasteiger partial charge in [-0.1, -0.05) is 18.2 Å². The molecule has 1 aromatic rings. The minimum absolute atomic E-state index is 0. The molecule has 1 saturated heterocycles. The molecule has 0 bridgehead atoms. The van der Waals surface area contributed by atoms with Gasteiger partial charge in [0.15, 0.2) is 0 Å². The molecule has 1 aliphatic heterocycles. The first-order valence-corrected chi connectivity index (χ1v) is 9.51. The van der Waals surface area contributed by atoms with E-state index in [0.29, 0.717) is 24.2 Å². The van der Waals surface area contributed by atoms with Gasteiger partial charge in [-0.15, -0.1) is 12.4 Å². The summed E-state index contributed by atoms with van der Waals surface area (Å²) in [6.45, 7) is 5.45. The van der Waals surface area contributed by atoms with E-state index >= 15 is 0 Å². The van der Waals surface area contributed by atoms with Gasteiger partial charge in [0.1, 0.15) is 5.75 Å². The number of fused-ring (bicyclic) bond motifs is 1. The van der Waals surface area contributed by atoms with Crippen LogP contribution in [0.15, 0.2) is 24.3 Å². The number of nitrogens with zero attached hydrogens (tertiary/aromatic N) is 1. The van der Waals surface area contributed by atoms with Crippen molar-refractivity contribution in [2.45, 2.75) is 45.2 Å². The number of amides is 2. The predicted molar refractivity (Wildman–Crippen MR) is 107 cm³/mol. The van der Waals surface area contributed by atoms with Crippen LogP contribution in [0.4, 0.5) is 0 Å². The van der Waals surface area contributed by atoms with Crippen molar-refractivity contribution in [2.24, 2.45) is 17.6 Å². The fourth-order valence-corrected chi connectivity index (χ4v) is 4.35. The van der Waals surface area contributed by atoms with Crippen LogP contribution in [-0.4, -0.2) is 42.5 Å². The third-order valence-corrected chi connectivity index (χ3v) is 5.62. The second kappa shape index (κ2) is 9.42. The van der Waals surface area contributed by atoms with Gasteiger partial charge in [-0.2, -0.15) is 0 Å². The van der Waals surface area contributed by atoms with Crippen LogP contribution in [0.1, 0.15) is 44.7 Å². The molecular weight excluding hydrogens is 366 g/mol. The van der Waals surface area contributed by atoms with Gasteiger partial charge in [-0.05, 0) is 37.7 Å². The molecule has 4 atom stereocenters. The van der Waals surface area contributed by atoms with E-state index in [9.17, 15) is 9.59 Å². The molecule has 150 valence electrons. The minimum Gasteiger partial charge on any atom is -0.494 e. The Balaban J connectivity index is 0.00000261. The summed E-state index contributed by atoms with van der Waals surface area (Å²) in [6, 6.07) is 7.39. The molecule has 1 aliphatic carbocycles. The summed E-state index contributed by atoms with van der Waals surface area (Å²) in [5, 5.41) is 2.92. The number of nitrogens with one attached hydrogen (secondary N) is 1. The summed E-state index contributed by atoms with van der Waals surface area (Å²) >= 11 is 0. The Bertz CT molecular complexity index is 670. The van der Waals surface area contributed by atoms with Crippen LogP contribution >= 0.6 is 12.4 Å². The van der Waals surface area contributed by atoms with Crippen LogP contribution in [0.25, 0.3) is 0 Å². The predicted octanol–water partition coefficient (Wildman–Crippen LogP) is 2.27. The molecule has 6 nitrogen and oxygen atoms in total. The Morgan fingerprint density at radius 1 is 1.30 bits per heavy atom. The average Bonchev–Trinajstić information content (AvgIpc) is 3.17. The van der Waals surface area contributed by atoms with Gasteiger partial charge in [0.05, 0.1) is 19.1 Å². The first-order chi connectivity index (χ1) is 12.5. The summed E-state index contributed by atoms with van der Waals surface area (Å²) < 4.78 is 5.69. The zero-order valence-corrected chi connectivity index (χ0v) is 16.8. The number of carbonyl (C=O) groups excluding carboxylic acids is 2. The van der Waals surface area contributed by atoms with E-state index in [1.165, 1.54) is 6.92 Å². The van der Waals surface area contributed by atoms with Crippen LogP contribution in [0, 0.1) is 11.8 Å². The summed E-state index contributed by atoms with van der Waals surface area (Å²) in [4.78, 5) is 26.5. The van der Waals surface area contributed by atoms with Gasteiger partial charge in [0, 0.05) is 31.6 Å². The first-order valence-electron chi connectivity index (χ1n) is 9.51. The van der Waals surface area contributed by atoms with Gasteiger partial charge in [0.2, 0.25) is 11.8 Å². The second-order valence-electron chi connectivity index (χ2n) is 7.39. The molecule has 7 heteroatoms. The normalized spacial score (nSPS) is 24.7. The number of para-hydroxylation sites is 1. The molecule has 3 rings (SSSR count). The van der Waals surface area contributed by atoms with E-state index in [-0.39, 0.29) is 36.7 Å². The fraction of sp³-hybridized carbons (Fsp3) is 0.600. The highest BCUT2D eigenvalue weighted by atomic mass is 35.5. The molecule has 27 heavy (non-hydrogen) atoms. The largest absolute Gasteiger partial charge is 0.494 e. The molecule has 0 spiro atoms. The van der Waals surface area contributed by atoms with Crippen molar-refractivity contribution < 1.29 is 14.3 Å². The Hall–Kier alpha value is -1.79. The van der Waals surface area contributed by atoms with Crippen molar-refractivity contribution in [2.75, 3.05) is 19.7 Å². The molecule has 1 aromatic carbocycles. The van der Waals surface area contributed by atoms with Crippen LogP contribution in [0.5, 0.6) is 5.75 Å². The second-order valence-corrected chi connectivity index (χ2v) is 7.39. The van der Waals surface area contributed by atoms with Gasteiger partial charge in [-0.25, -0.2) is 0 Å². The third kappa shape index (κ3) is 4.93. The molecular formula is C20H30ClN3O3. The maximum absolute atomic E-state index is 12.9. The van der Waals surface area contributed by atoms with Crippen LogP contribution < -0.4 is 15.8 Å². The lowest BCUT2D eigenvalue weighted by Gasteiger charge is -2.24. The monoisotopic (exact) mass is 395 g/mol. The summed E-state index contributed by atoms with van der Waals surface area (Å²) in [7, 11) is 0. The number of likely N-dealkylation sites (tertiary alicyclic amines) is 1. The standard InChI is InChI=1S/C20H29N3O3.ClH/c1-3-26-19-7-5-4-6-15(19)18(22-13(2)24)10-20(25)23-11-14-8-9-17(21)16(14)12-23;/h4-7,14,16-18H,3,8-12,21H2,1-2H3,(H,22,24);1H. The van der Waals surface area contributed by atoms with E-state index in [1.54, 1.807) is 0 Å². The zero-order chi connectivity index (χ0) is 18.7. The Morgan fingerprint density at radius 2 is 2.04 bits per heavy atom. The van der Waals surface area contributed by atoms with Gasteiger partial charge >= 0.3 is 0 Å². The maximum atomic E-state index is 12.9. The summed E-state index contributed by atoms with van der Waals surface area (Å²) in [6.07, 6.45) is 2.41. The van der Waals surface area contributed by atoms with Crippen LogP contribution in [0.3, 0.4) is 0 Å². The van der Waals surface area contributed by atoms with Crippen molar-refractivity contribution in [3.05, 3.63) is 29.8 Å². The van der Waals surface area contributed by atoms with Gasteiger partial charge < -0.3 is 20.7 Å². The molecule has 2 amide bonds. The molecule has 4 unspecified atom stereocenters. The fourth-order valence-electron chi connectivity index (χ4n) is 4.35. The molecule has 2 fully saturated rings. The summed E-state index contributed by atoms with van der Waals surface area (Å²) in [5.41, 5.74) is 7.02. The van der Waals surface area contributed by atoms with E-state index in [4.69, 9.17) is 10.5 Å². The number of carbonyl (C=O) groups is 2. The topological polar surface area (TPSA) is 84.7 Å². The smallest absolute Gasteiger partial charge is 0.225 e. The van der Waals surface area contributed by atoms with Crippen LogP contribution in [-0.2, 0) is 9.59 Å². The number of benzene rings is 1. The number of ether oxygens (including phenoxy) is 1. The van der Waals surface area contributed by atoms with Crippen molar-refractivity contribution in [1.82, 2.24) is 10.2 Å². The molecule has 0 aromatic heterocycles. The number of hydrogen-bond acceptors (Lipinski definition) is 4. The van der Waals surface area contributed by atoms with E-state index in [1.807, 2.05) is 36.1 Å². The molecule has 1 saturated carbocycles. The Morgan fingerprint density at radius 3 is 2.70 bits per heavy atom. The highest BCUT2D eigenvalue weighted by Gasteiger charge is 2.42. The van der Waals surface area contributed by atoms with Gasteiger partial charge in [0.25, 0.3) is 0 Å². The van der Waals surface area contributed by atoms with Crippen molar-refractivity contribution in [3.63, 3.8) is 0 Å². The van der Waals surface area contributed by atoms with Crippen LogP contribution in [0.2, 0.25) is 0 Å². The number of hydrogen-bond donors (Lipinski definition) is 2. The highest BCUT2D eigenvalue weighted by Crippen LogP contribution is 2.38. The number of halogens is 1. The number of nitrogens with two attached hydrogens (primary N) is 1. The maximum Gasteiger partial charge on any atom is 0.225 e. The molecule has 2 aliphatic rings. The quantitative estimate of drug-likeness (QED) is 0.773. The molecule has 1 heterocycles. The lowest BCUT2D eigenvalue weighted by molar-refractivity contribution is -0.131. The molecule has 3 N–H and O–H groups in total. The zero-order valence-electron chi connectivity index (χ0n) is 16.0. The minimum atomic E-state index is -0.392. The Kier molecular flexibility index (Phi) is 7.50. The SMILES string of the molecule is CCOc1ccccc1C(CC(=O)N1CC2CCC(N)C2C1)NC(C)=O.Cl. The van der Waals surface area contributed by atoms with Crippen molar-refractivity contribution in [3.8, 4) is 5.75 Å². The van der Waals surface area contributed by atoms with E-state index in [0.717, 1.165) is 31.5 Å². The Labute approximate surface area is 167 Å². The molecule has 0 radical (unpaired) electrons. The first kappa shape index (κ1) is 21.5. The van der Waals surface area contributed by atoms with Gasteiger partial charge in [-0.3, -0.25) is 9.59 Å². The average molecular weight is 396 g/mol.